The van der Waals surface area contributed by atoms with Gasteiger partial charge in [-0.15, -0.1) is 0 Å². The summed E-state index contributed by atoms with van der Waals surface area (Å²) in [5.74, 6) is 0. The van der Waals surface area contributed by atoms with E-state index in [0.717, 1.165) is 17.1 Å². The Bertz CT molecular complexity index is 2470. The summed E-state index contributed by atoms with van der Waals surface area (Å²) >= 11 is 0. The van der Waals surface area contributed by atoms with Crippen LogP contribution in [0.1, 0.15) is 0 Å². The van der Waals surface area contributed by atoms with E-state index in [1.54, 1.807) is 0 Å². The predicted octanol–water partition coefficient (Wildman–Crippen LogP) is 12.2. The molecule has 0 amide bonds. The fraction of sp³-hybridized carbons (Fsp3) is 0. The Labute approximate surface area is 268 Å². The molecule has 0 bridgehead atoms. The lowest BCUT2D eigenvalue weighted by Gasteiger charge is -2.28. The Morgan fingerprint density at radius 3 is 1.61 bits per heavy atom. The number of aromatic nitrogens is 1. The molecule has 2 heteroatoms. The first-order valence-corrected chi connectivity index (χ1v) is 15.8. The zero-order valence-corrected chi connectivity index (χ0v) is 25.2. The number of fused-ring (bicyclic) bond motifs is 5. The van der Waals surface area contributed by atoms with Crippen molar-refractivity contribution >= 4 is 60.4 Å². The van der Waals surface area contributed by atoms with Crippen LogP contribution in [-0.4, -0.2) is 4.57 Å². The number of anilines is 3. The molecule has 1 aromatic heterocycles. The molecule has 0 radical (unpaired) electrons. The van der Waals surface area contributed by atoms with Gasteiger partial charge in [-0.1, -0.05) is 133 Å². The number of rotatable bonds is 5. The minimum atomic E-state index is 1.12. The maximum atomic E-state index is 2.42. The summed E-state index contributed by atoms with van der Waals surface area (Å²) in [6.07, 6.45) is 0. The van der Waals surface area contributed by atoms with Crippen LogP contribution in [-0.2, 0) is 0 Å². The molecule has 0 aliphatic heterocycles. The van der Waals surface area contributed by atoms with Gasteiger partial charge < -0.3 is 9.47 Å². The number of benzene rings is 8. The van der Waals surface area contributed by atoms with Gasteiger partial charge in [0.15, 0.2) is 0 Å². The molecule has 0 atom stereocenters. The summed E-state index contributed by atoms with van der Waals surface area (Å²) < 4.78 is 2.42. The molecule has 216 valence electrons. The first kappa shape index (κ1) is 26.3. The molecular weight excluding hydrogens is 556 g/mol. The molecule has 0 N–H and O–H groups in total. The van der Waals surface area contributed by atoms with E-state index in [2.05, 4.69) is 191 Å². The zero-order valence-electron chi connectivity index (χ0n) is 25.2. The van der Waals surface area contributed by atoms with Crippen molar-refractivity contribution in [3.8, 4) is 16.8 Å². The Balaban J connectivity index is 1.28. The maximum Gasteiger partial charge on any atom is 0.0542 e. The van der Waals surface area contributed by atoms with Crippen molar-refractivity contribution in [2.75, 3.05) is 4.90 Å². The Morgan fingerprint density at radius 1 is 0.348 bits per heavy atom. The van der Waals surface area contributed by atoms with Crippen LogP contribution in [0.3, 0.4) is 0 Å². The highest BCUT2D eigenvalue weighted by Gasteiger charge is 2.20. The Morgan fingerprint density at radius 2 is 0.891 bits per heavy atom. The zero-order chi connectivity index (χ0) is 30.5. The molecule has 9 rings (SSSR count). The standard InChI is InChI=1S/C44H30N2/c1-2-12-31(13-3-1)33-22-25-35(26-23-33)45(36-27-24-32-14-4-5-15-34(32)30-36)43-28-29-44(40-17-7-6-16-39(40)43)46-41-20-10-8-18-37(41)38-19-9-11-21-42(38)46/h1-30H. The Kier molecular flexibility index (Phi) is 6.17. The average molecular weight is 587 g/mol. The van der Waals surface area contributed by atoms with Crippen molar-refractivity contribution < 1.29 is 0 Å². The minimum Gasteiger partial charge on any atom is -0.310 e. The van der Waals surface area contributed by atoms with Gasteiger partial charge in [0.1, 0.15) is 0 Å². The third kappa shape index (κ3) is 4.27. The minimum absolute atomic E-state index is 1.12. The van der Waals surface area contributed by atoms with Gasteiger partial charge in [0, 0.05) is 32.9 Å². The molecular formula is C44H30N2. The number of hydrogen-bond acceptors (Lipinski definition) is 1. The molecule has 0 spiro atoms. The lowest BCUT2D eigenvalue weighted by Crippen LogP contribution is -2.11. The highest BCUT2D eigenvalue weighted by Crippen LogP contribution is 2.43. The average Bonchev–Trinajstić information content (AvgIpc) is 3.47. The van der Waals surface area contributed by atoms with E-state index < -0.39 is 0 Å². The van der Waals surface area contributed by atoms with Gasteiger partial charge in [0.25, 0.3) is 0 Å². The molecule has 9 aromatic rings. The highest BCUT2D eigenvalue weighted by atomic mass is 15.1. The van der Waals surface area contributed by atoms with Gasteiger partial charge in [-0.2, -0.15) is 0 Å². The quantitative estimate of drug-likeness (QED) is 0.195. The van der Waals surface area contributed by atoms with Crippen molar-refractivity contribution in [3.05, 3.63) is 182 Å². The van der Waals surface area contributed by atoms with Crippen molar-refractivity contribution in [1.29, 1.82) is 0 Å². The predicted molar refractivity (Wildman–Crippen MR) is 196 cm³/mol. The van der Waals surface area contributed by atoms with E-state index in [9.17, 15) is 0 Å². The molecule has 8 aromatic carbocycles. The van der Waals surface area contributed by atoms with Gasteiger partial charge in [-0.05, 0) is 70.4 Å². The fourth-order valence-electron chi connectivity index (χ4n) is 7.02. The van der Waals surface area contributed by atoms with Crippen molar-refractivity contribution in [1.82, 2.24) is 4.57 Å². The SMILES string of the molecule is c1ccc(-c2ccc(N(c3ccc4ccccc4c3)c3ccc(-n4c5ccccc5c5ccccc54)c4ccccc34)cc2)cc1. The van der Waals surface area contributed by atoms with Crippen LogP contribution in [0.4, 0.5) is 17.1 Å². The molecule has 1 heterocycles. The number of hydrogen-bond donors (Lipinski definition) is 0. The lowest BCUT2D eigenvalue weighted by molar-refractivity contribution is 1.19. The third-order valence-electron chi connectivity index (χ3n) is 9.16. The van der Waals surface area contributed by atoms with Crippen LogP contribution < -0.4 is 4.90 Å². The number of nitrogens with zero attached hydrogens (tertiary/aromatic N) is 2. The monoisotopic (exact) mass is 586 g/mol. The molecule has 0 aliphatic carbocycles. The molecule has 0 aliphatic rings. The van der Waals surface area contributed by atoms with Crippen LogP contribution in [0.2, 0.25) is 0 Å². The second-order valence-electron chi connectivity index (χ2n) is 11.8. The van der Waals surface area contributed by atoms with E-state index in [1.165, 1.54) is 60.2 Å². The molecule has 0 unspecified atom stereocenters. The topological polar surface area (TPSA) is 8.17 Å². The normalized spacial score (nSPS) is 11.5. The van der Waals surface area contributed by atoms with Crippen LogP contribution in [0.15, 0.2) is 182 Å². The summed E-state index contributed by atoms with van der Waals surface area (Å²) in [7, 11) is 0. The van der Waals surface area contributed by atoms with Crippen LogP contribution in [0.5, 0.6) is 0 Å². The largest absolute Gasteiger partial charge is 0.310 e. The van der Waals surface area contributed by atoms with Gasteiger partial charge in [0.05, 0.1) is 22.4 Å². The van der Waals surface area contributed by atoms with E-state index >= 15 is 0 Å². The summed E-state index contributed by atoms with van der Waals surface area (Å²) in [6.45, 7) is 0. The summed E-state index contributed by atoms with van der Waals surface area (Å²) in [5.41, 5.74) is 9.40. The van der Waals surface area contributed by atoms with E-state index in [4.69, 9.17) is 0 Å². The summed E-state index contributed by atoms with van der Waals surface area (Å²) in [4.78, 5) is 2.40. The Hall–Kier alpha value is -6.12. The molecule has 0 fully saturated rings. The molecule has 2 nitrogen and oxygen atoms in total. The maximum absolute atomic E-state index is 2.42. The van der Waals surface area contributed by atoms with Crippen LogP contribution >= 0.6 is 0 Å². The van der Waals surface area contributed by atoms with Gasteiger partial charge >= 0.3 is 0 Å². The first-order chi connectivity index (χ1) is 22.8. The van der Waals surface area contributed by atoms with Crippen molar-refractivity contribution in [2.45, 2.75) is 0 Å². The first-order valence-electron chi connectivity index (χ1n) is 15.8. The molecule has 0 saturated carbocycles. The second-order valence-corrected chi connectivity index (χ2v) is 11.8. The van der Waals surface area contributed by atoms with E-state index in [1.807, 2.05) is 0 Å². The molecule has 46 heavy (non-hydrogen) atoms. The van der Waals surface area contributed by atoms with Crippen LogP contribution in [0.25, 0.3) is 60.2 Å². The van der Waals surface area contributed by atoms with Gasteiger partial charge in [-0.3, -0.25) is 0 Å². The van der Waals surface area contributed by atoms with Gasteiger partial charge in [0.2, 0.25) is 0 Å². The molecule has 0 saturated heterocycles. The summed E-state index contributed by atoms with van der Waals surface area (Å²) in [6, 6.07) is 65.7. The summed E-state index contributed by atoms with van der Waals surface area (Å²) in [5, 5.41) is 7.39. The fourth-order valence-corrected chi connectivity index (χ4v) is 7.02. The van der Waals surface area contributed by atoms with Crippen LogP contribution in [0, 0.1) is 0 Å². The highest BCUT2D eigenvalue weighted by molar-refractivity contribution is 6.12. The number of para-hydroxylation sites is 2. The second kappa shape index (κ2) is 10.8. The lowest BCUT2D eigenvalue weighted by atomic mass is 10.0. The van der Waals surface area contributed by atoms with Crippen molar-refractivity contribution in [3.63, 3.8) is 0 Å². The van der Waals surface area contributed by atoms with Crippen molar-refractivity contribution in [2.24, 2.45) is 0 Å². The van der Waals surface area contributed by atoms with E-state index in [-0.39, 0.29) is 0 Å². The van der Waals surface area contributed by atoms with E-state index in [0.29, 0.717) is 0 Å². The third-order valence-corrected chi connectivity index (χ3v) is 9.16. The van der Waals surface area contributed by atoms with Gasteiger partial charge in [-0.25, -0.2) is 0 Å². The smallest absolute Gasteiger partial charge is 0.0542 e.